The molecule has 0 aliphatic carbocycles. The third-order valence-electron chi connectivity index (χ3n) is 8.97. The highest BCUT2D eigenvalue weighted by atomic mass is 16.4. The van der Waals surface area contributed by atoms with Gasteiger partial charge in [0.1, 0.15) is 23.9 Å². The molecule has 5 rings (SSSR count). The highest BCUT2D eigenvalue weighted by Crippen LogP contribution is 2.22. The Morgan fingerprint density at radius 3 is 1.71 bits per heavy atom. The number of aromatic nitrogens is 2. The van der Waals surface area contributed by atoms with Gasteiger partial charge < -0.3 is 41.9 Å². The Kier molecular flexibility index (Phi) is 11.0. The van der Waals surface area contributed by atoms with Crippen LogP contribution in [0.4, 0.5) is 0 Å². The van der Waals surface area contributed by atoms with Crippen LogP contribution in [-0.4, -0.2) is 68.0 Å². The van der Waals surface area contributed by atoms with Crippen molar-refractivity contribution in [1.29, 1.82) is 0 Å². The number of rotatable bonds is 15. The first kappa shape index (κ1) is 34.7. The fourth-order valence-electron chi connectivity index (χ4n) is 5.93. The molecule has 2 aromatic heterocycles. The van der Waals surface area contributed by atoms with Crippen LogP contribution >= 0.6 is 0 Å². The van der Waals surface area contributed by atoms with Gasteiger partial charge in [0.25, 0.3) is 0 Å². The van der Waals surface area contributed by atoms with E-state index in [-0.39, 0.29) is 30.9 Å². The number of phenolic OH excluding ortho intramolecular Hbond substituents is 1. The van der Waals surface area contributed by atoms with Crippen molar-refractivity contribution in [3.05, 3.63) is 102 Å². The van der Waals surface area contributed by atoms with Gasteiger partial charge in [0.2, 0.25) is 17.7 Å². The molecule has 0 saturated carbocycles. The van der Waals surface area contributed by atoms with Gasteiger partial charge in [0, 0.05) is 47.0 Å². The number of hydrogen-bond donors (Lipinski definition) is 8. The third-order valence-corrected chi connectivity index (χ3v) is 8.97. The predicted octanol–water partition coefficient (Wildman–Crippen LogP) is 3.30. The first-order valence-electron chi connectivity index (χ1n) is 16.3. The second kappa shape index (κ2) is 15.5. The van der Waals surface area contributed by atoms with Crippen LogP contribution in [0.2, 0.25) is 0 Å². The fraction of sp³-hybridized carbons (Fsp3) is 0.297. The number of nitrogens with one attached hydrogen (secondary N) is 5. The molecule has 0 bridgehead atoms. The van der Waals surface area contributed by atoms with Crippen LogP contribution in [0, 0.1) is 5.92 Å². The number of benzene rings is 3. The van der Waals surface area contributed by atoms with Crippen LogP contribution in [0.5, 0.6) is 5.75 Å². The minimum atomic E-state index is -1.18. The molecule has 12 heteroatoms. The van der Waals surface area contributed by atoms with Crippen LogP contribution in [0.15, 0.2) is 85.2 Å². The van der Waals surface area contributed by atoms with Crippen LogP contribution < -0.4 is 21.7 Å². The van der Waals surface area contributed by atoms with Crippen molar-refractivity contribution in [2.75, 3.05) is 0 Å². The number of nitrogens with two attached hydrogens (primary N) is 1. The summed E-state index contributed by atoms with van der Waals surface area (Å²) in [5.41, 5.74) is 10.2. The average Bonchev–Trinajstić information content (AvgIpc) is 3.70. The second-order valence-corrected chi connectivity index (χ2v) is 12.4. The van der Waals surface area contributed by atoms with Gasteiger partial charge in [-0.3, -0.25) is 14.4 Å². The van der Waals surface area contributed by atoms with E-state index < -0.39 is 47.9 Å². The zero-order chi connectivity index (χ0) is 35.1. The number of para-hydroxylation sites is 2. The largest absolute Gasteiger partial charge is 0.508 e. The molecule has 256 valence electrons. The first-order valence-corrected chi connectivity index (χ1v) is 16.3. The maximum atomic E-state index is 14.2. The number of aromatic amines is 2. The van der Waals surface area contributed by atoms with Gasteiger partial charge in [-0.15, -0.1) is 0 Å². The summed E-state index contributed by atoms with van der Waals surface area (Å²) in [5.74, 6) is -3.32. The Labute approximate surface area is 283 Å². The fourth-order valence-corrected chi connectivity index (χ4v) is 5.93. The lowest BCUT2D eigenvalue weighted by Crippen LogP contribution is -2.58. The summed E-state index contributed by atoms with van der Waals surface area (Å²) in [5, 5.41) is 29.5. The quantitative estimate of drug-likeness (QED) is 0.0837. The van der Waals surface area contributed by atoms with Crippen molar-refractivity contribution >= 4 is 45.5 Å². The van der Waals surface area contributed by atoms with E-state index in [9.17, 15) is 29.4 Å². The number of phenols is 1. The van der Waals surface area contributed by atoms with E-state index in [1.165, 1.54) is 12.1 Å². The Balaban J connectivity index is 1.43. The molecule has 9 N–H and O–H groups in total. The molecule has 0 aliphatic rings. The van der Waals surface area contributed by atoms with E-state index in [0.29, 0.717) is 6.42 Å². The van der Waals surface area contributed by atoms with Gasteiger partial charge in [-0.1, -0.05) is 68.8 Å². The van der Waals surface area contributed by atoms with Crippen molar-refractivity contribution < 1.29 is 29.4 Å². The molecular formula is C37H42N6O6. The Bertz CT molecular complexity index is 1930. The maximum absolute atomic E-state index is 14.2. The molecule has 3 aromatic carbocycles. The summed E-state index contributed by atoms with van der Waals surface area (Å²) in [6.07, 6.45) is 4.34. The molecule has 0 radical (unpaired) electrons. The molecule has 5 unspecified atom stereocenters. The summed E-state index contributed by atoms with van der Waals surface area (Å²) < 4.78 is 0. The molecular weight excluding hydrogens is 624 g/mol. The van der Waals surface area contributed by atoms with Gasteiger partial charge in [0.15, 0.2) is 0 Å². The number of aliphatic carboxylic acids is 1. The Morgan fingerprint density at radius 2 is 1.20 bits per heavy atom. The standard InChI is InChI=1S/C37H42N6O6/c1-3-21(2)33(37(48)49)43-36(47)32(18-24-20-40-30-11-7-5-9-27(24)30)42-35(46)31(17-23-19-39-29-10-6-4-8-26(23)29)41-34(45)28(38)16-22-12-14-25(44)15-13-22/h4-15,19-21,28,31-33,39-40,44H,3,16-18,38H2,1-2H3,(H,41,45)(H,42,46)(H,43,47)(H,48,49). The smallest absolute Gasteiger partial charge is 0.326 e. The average molecular weight is 667 g/mol. The van der Waals surface area contributed by atoms with Crippen molar-refractivity contribution in [3.8, 4) is 5.75 Å². The van der Waals surface area contributed by atoms with Gasteiger partial charge in [-0.25, -0.2) is 4.79 Å². The molecule has 2 heterocycles. The monoisotopic (exact) mass is 666 g/mol. The molecule has 0 spiro atoms. The molecule has 0 saturated heterocycles. The number of amides is 3. The van der Waals surface area contributed by atoms with Gasteiger partial charge >= 0.3 is 5.97 Å². The lowest BCUT2D eigenvalue weighted by Gasteiger charge is -2.26. The van der Waals surface area contributed by atoms with Crippen molar-refractivity contribution in [2.24, 2.45) is 11.7 Å². The number of fused-ring (bicyclic) bond motifs is 2. The predicted molar refractivity (Wildman–Crippen MR) is 187 cm³/mol. The molecule has 3 amide bonds. The number of carbonyl (C=O) groups excluding carboxylic acids is 3. The number of hydrogen-bond acceptors (Lipinski definition) is 6. The van der Waals surface area contributed by atoms with E-state index in [1.54, 1.807) is 31.5 Å². The zero-order valence-corrected chi connectivity index (χ0v) is 27.4. The lowest BCUT2D eigenvalue weighted by atomic mass is 9.97. The normalized spacial score (nSPS) is 14.4. The molecule has 0 aliphatic heterocycles. The SMILES string of the molecule is CCC(C)C(NC(=O)C(Cc1c[nH]c2ccccc12)NC(=O)C(Cc1c[nH]c2ccccc12)NC(=O)C(N)Cc1ccc(O)cc1)C(=O)O. The molecule has 12 nitrogen and oxygen atoms in total. The highest BCUT2D eigenvalue weighted by Gasteiger charge is 2.33. The Hall–Kier alpha value is -5.62. The van der Waals surface area contributed by atoms with Gasteiger partial charge in [-0.2, -0.15) is 0 Å². The lowest BCUT2D eigenvalue weighted by molar-refractivity contribution is -0.143. The minimum Gasteiger partial charge on any atom is -0.508 e. The van der Waals surface area contributed by atoms with Crippen molar-refractivity contribution in [3.63, 3.8) is 0 Å². The summed E-state index contributed by atoms with van der Waals surface area (Å²) in [6.45, 7) is 3.57. The van der Waals surface area contributed by atoms with Crippen LogP contribution in [-0.2, 0) is 38.4 Å². The zero-order valence-electron chi connectivity index (χ0n) is 27.4. The topological polar surface area (TPSA) is 202 Å². The van der Waals surface area contributed by atoms with E-state index in [2.05, 4.69) is 25.9 Å². The van der Waals surface area contributed by atoms with Gasteiger partial charge in [0.05, 0.1) is 6.04 Å². The number of carboxylic acids is 1. The van der Waals surface area contributed by atoms with E-state index in [1.807, 2.05) is 55.5 Å². The number of H-pyrrole nitrogens is 2. The Morgan fingerprint density at radius 1 is 0.714 bits per heavy atom. The van der Waals surface area contributed by atoms with Crippen LogP contribution in [0.25, 0.3) is 21.8 Å². The summed E-state index contributed by atoms with van der Waals surface area (Å²) in [4.78, 5) is 59.9. The van der Waals surface area contributed by atoms with E-state index >= 15 is 0 Å². The summed E-state index contributed by atoms with van der Waals surface area (Å²) in [7, 11) is 0. The molecule has 49 heavy (non-hydrogen) atoms. The van der Waals surface area contributed by atoms with Crippen LogP contribution in [0.1, 0.15) is 37.0 Å². The first-order chi connectivity index (χ1) is 23.5. The minimum absolute atomic E-state index is 0.0581. The van der Waals surface area contributed by atoms with E-state index in [4.69, 9.17) is 5.73 Å². The number of carboxylic acid groups (broad SMARTS) is 1. The second-order valence-electron chi connectivity index (χ2n) is 12.4. The van der Waals surface area contributed by atoms with Crippen LogP contribution in [0.3, 0.4) is 0 Å². The number of carbonyl (C=O) groups is 4. The van der Waals surface area contributed by atoms with Crippen molar-refractivity contribution in [2.45, 2.75) is 63.7 Å². The summed E-state index contributed by atoms with van der Waals surface area (Å²) >= 11 is 0. The highest BCUT2D eigenvalue weighted by molar-refractivity contribution is 5.95. The van der Waals surface area contributed by atoms with Crippen molar-refractivity contribution in [1.82, 2.24) is 25.9 Å². The number of aromatic hydroxyl groups is 1. The molecule has 5 atom stereocenters. The van der Waals surface area contributed by atoms with Gasteiger partial charge in [-0.05, 0) is 53.3 Å². The molecule has 0 fully saturated rings. The van der Waals surface area contributed by atoms with E-state index in [0.717, 1.165) is 38.5 Å². The summed E-state index contributed by atoms with van der Waals surface area (Å²) in [6, 6.07) is 16.9. The maximum Gasteiger partial charge on any atom is 0.326 e. The third kappa shape index (κ3) is 8.46. The molecule has 5 aromatic rings.